The smallest absolute Gasteiger partial charge is 0.406 e. The lowest BCUT2D eigenvalue weighted by Crippen LogP contribution is -2.14. The van der Waals surface area contributed by atoms with Crippen molar-refractivity contribution in [2.75, 3.05) is 4.72 Å². The molecule has 0 saturated heterocycles. The van der Waals surface area contributed by atoms with Crippen molar-refractivity contribution in [3.8, 4) is 5.69 Å². The van der Waals surface area contributed by atoms with Crippen molar-refractivity contribution in [3.05, 3.63) is 62.5 Å². The number of rotatable bonds is 4. The second-order valence-corrected chi connectivity index (χ2v) is 8.62. The number of hydrogen-bond donors (Lipinski definition) is 2. The van der Waals surface area contributed by atoms with E-state index in [1.165, 1.54) is 12.4 Å². The van der Waals surface area contributed by atoms with Crippen molar-refractivity contribution < 1.29 is 12.8 Å². The number of nitrogens with zero attached hydrogens (tertiary/aromatic N) is 3. The van der Waals surface area contributed by atoms with Crippen molar-refractivity contribution >= 4 is 54.3 Å². The molecule has 4 aromatic rings. The fraction of sp³-hybridized carbons (Fsp3) is 0.0625. The second kappa shape index (κ2) is 6.76. The van der Waals surface area contributed by atoms with Gasteiger partial charge in [-0.05, 0) is 53.2 Å². The van der Waals surface area contributed by atoms with E-state index in [1.807, 2.05) is 0 Å². The van der Waals surface area contributed by atoms with Gasteiger partial charge < -0.3 is 4.42 Å². The summed E-state index contributed by atoms with van der Waals surface area (Å²) in [4.78, 5) is 17.6. The van der Waals surface area contributed by atoms with Crippen LogP contribution >= 0.6 is 27.5 Å². The molecule has 2 aromatic carbocycles. The Labute approximate surface area is 171 Å². The van der Waals surface area contributed by atoms with Crippen molar-refractivity contribution in [1.29, 1.82) is 0 Å². The molecule has 28 heavy (non-hydrogen) atoms. The summed E-state index contributed by atoms with van der Waals surface area (Å²) in [6, 6.07) is 7.99. The number of fused-ring (bicyclic) bond motifs is 1. The quantitative estimate of drug-likeness (QED) is 0.458. The third kappa shape index (κ3) is 3.21. The molecule has 0 aliphatic carbocycles. The topological polar surface area (TPSA) is 123 Å². The van der Waals surface area contributed by atoms with Crippen LogP contribution in [-0.4, -0.2) is 28.2 Å². The van der Waals surface area contributed by atoms with E-state index in [0.717, 1.165) is 5.69 Å². The van der Waals surface area contributed by atoms with Gasteiger partial charge >= 0.3 is 5.76 Å². The van der Waals surface area contributed by atoms with E-state index in [1.54, 1.807) is 35.9 Å². The molecule has 0 amide bonds. The molecule has 0 unspecified atom stereocenters. The zero-order chi connectivity index (χ0) is 20.1. The van der Waals surface area contributed by atoms with Crippen LogP contribution in [0.2, 0.25) is 5.02 Å². The molecule has 144 valence electrons. The van der Waals surface area contributed by atoms with E-state index in [0.29, 0.717) is 11.5 Å². The molecule has 0 fully saturated rings. The lowest BCUT2D eigenvalue weighted by atomic mass is 10.3. The van der Waals surface area contributed by atoms with E-state index < -0.39 is 15.8 Å². The zero-order valence-electron chi connectivity index (χ0n) is 14.1. The molecule has 12 heteroatoms. The first-order chi connectivity index (χ1) is 13.3. The average Bonchev–Trinajstić information content (AvgIpc) is 3.20. The number of aromatic amines is 1. The number of hydrogen-bond acceptors (Lipinski definition) is 6. The summed E-state index contributed by atoms with van der Waals surface area (Å²) in [7, 11) is -4.07. The van der Waals surface area contributed by atoms with Crippen molar-refractivity contribution in [2.24, 2.45) is 0 Å². The zero-order valence-corrected chi connectivity index (χ0v) is 17.3. The SMILES string of the molecule is Cc1ncnn1-c1ccc(NS(=O)(=O)c2c(Br)cc3[nH]c(=O)oc3c2Cl)cc1. The molecule has 0 spiro atoms. The molecule has 2 N–H and O–H groups in total. The molecule has 9 nitrogen and oxygen atoms in total. The number of H-pyrrole nitrogens is 1. The van der Waals surface area contributed by atoms with Crippen LogP contribution in [0.3, 0.4) is 0 Å². The van der Waals surface area contributed by atoms with E-state index in [-0.39, 0.29) is 25.5 Å². The van der Waals surface area contributed by atoms with Gasteiger partial charge in [-0.15, -0.1) is 0 Å². The van der Waals surface area contributed by atoms with E-state index >= 15 is 0 Å². The standard InChI is InChI=1S/C16H11BrClN5O4S/c1-8-19-7-20-23(8)10-4-2-9(3-5-10)22-28(25,26)15-11(17)6-12-14(13(15)18)27-16(24)21-12/h2-7,22H,1H3,(H,21,24). The summed E-state index contributed by atoms with van der Waals surface area (Å²) in [5.74, 6) is -0.0318. The summed E-state index contributed by atoms with van der Waals surface area (Å²) in [6.45, 7) is 1.80. The summed E-state index contributed by atoms with van der Waals surface area (Å²) < 4.78 is 35.0. The predicted molar refractivity (Wildman–Crippen MR) is 106 cm³/mol. The summed E-state index contributed by atoms with van der Waals surface area (Å²) >= 11 is 9.39. The minimum absolute atomic E-state index is 0.0350. The van der Waals surface area contributed by atoms with Gasteiger partial charge in [0, 0.05) is 10.2 Å². The lowest BCUT2D eigenvalue weighted by Gasteiger charge is -2.12. The van der Waals surface area contributed by atoms with Crippen LogP contribution in [0.4, 0.5) is 5.69 Å². The van der Waals surface area contributed by atoms with Gasteiger partial charge in [0.2, 0.25) is 0 Å². The molecule has 2 aromatic heterocycles. The molecule has 0 aliphatic heterocycles. The molecular formula is C16H11BrClN5O4S. The van der Waals surface area contributed by atoms with Gasteiger partial charge in [0.15, 0.2) is 5.58 Å². The Bertz CT molecular complexity index is 1360. The number of benzene rings is 2. The van der Waals surface area contributed by atoms with Gasteiger partial charge in [0.1, 0.15) is 22.1 Å². The maximum Gasteiger partial charge on any atom is 0.417 e. The molecular weight excluding hydrogens is 474 g/mol. The maximum absolute atomic E-state index is 12.9. The van der Waals surface area contributed by atoms with Gasteiger partial charge in [-0.3, -0.25) is 9.71 Å². The Hall–Kier alpha value is -2.63. The van der Waals surface area contributed by atoms with Gasteiger partial charge in [0.25, 0.3) is 10.0 Å². The number of nitrogens with one attached hydrogen (secondary N) is 2. The summed E-state index contributed by atoms with van der Waals surface area (Å²) in [6.07, 6.45) is 1.43. The minimum atomic E-state index is -4.07. The monoisotopic (exact) mass is 483 g/mol. The summed E-state index contributed by atoms with van der Waals surface area (Å²) in [5, 5.41) is 3.89. The highest BCUT2D eigenvalue weighted by atomic mass is 79.9. The lowest BCUT2D eigenvalue weighted by molar-refractivity contribution is 0.554. The molecule has 0 bridgehead atoms. The predicted octanol–water partition coefficient (Wildman–Crippen LogP) is 3.23. The first-order valence-electron chi connectivity index (χ1n) is 7.77. The van der Waals surface area contributed by atoms with Gasteiger partial charge in [-0.2, -0.15) is 5.10 Å². The van der Waals surface area contributed by atoms with Gasteiger partial charge in [0.05, 0.1) is 11.2 Å². The fourth-order valence-electron chi connectivity index (χ4n) is 2.68. The first-order valence-corrected chi connectivity index (χ1v) is 10.4. The Balaban J connectivity index is 1.71. The Morgan fingerprint density at radius 2 is 2.00 bits per heavy atom. The Morgan fingerprint density at radius 1 is 1.29 bits per heavy atom. The normalized spacial score (nSPS) is 11.8. The third-order valence-electron chi connectivity index (χ3n) is 3.91. The van der Waals surface area contributed by atoms with E-state index in [4.69, 9.17) is 16.0 Å². The largest absolute Gasteiger partial charge is 0.417 e. The molecule has 0 radical (unpaired) electrons. The number of anilines is 1. The van der Waals surface area contributed by atoms with Gasteiger partial charge in [-0.1, -0.05) is 11.6 Å². The molecule has 2 heterocycles. The van der Waals surface area contributed by atoms with Crippen molar-refractivity contribution in [2.45, 2.75) is 11.8 Å². The third-order valence-corrected chi connectivity index (χ3v) is 6.74. The van der Waals surface area contributed by atoms with Crippen molar-refractivity contribution in [3.63, 3.8) is 0 Å². The molecule has 0 atom stereocenters. The molecule has 0 aliphatic rings. The van der Waals surface area contributed by atoms with Crippen LogP contribution in [0.25, 0.3) is 16.8 Å². The number of aryl methyl sites for hydroxylation is 1. The highest BCUT2D eigenvalue weighted by molar-refractivity contribution is 9.10. The molecule has 4 rings (SSSR count). The van der Waals surface area contributed by atoms with Crippen LogP contribution in [-0.2, 0) is 10.0 Å². The number of halogens is 2. The fourth-order valence-corrected chi connectivity index (χ4v) is 5.60. The Morgan fingerprint density at radius 3 is 2.64 bits per heavy atom. The highest BCUT2D eigenvalue weighted by Gasteiger charge is 2.26. The van der Waals surface area contributed by atoms with Crippen LogP contribution in [0.1, 0.15) is 5.82 Å². The van der Waals surface area contributed by atoms with Crippen LogP contribution in [0.15, 0.2) is 55.2 Å². The molecule has 0 saturated carbocycles. The van der Waals surface area contributed by atoms with Gasteiger partial charge in [-0.25, -0.2) is 22.9 Å². The first kappa shape index (κ1) is 18.7. The summed E-state index contributed by atoms with van der Waals surface area (Å²) in [5.41, 5.74) is 1.30. The van der Waals surface area contributed by atoms with Crippen LogP contribution in [0.5, 0.6) is 0 Å². The number of aromatic nitrogens is 4. The highest BCUT2D eigenvalue weighted by Crippen LogP contribution is 2.36. The Kier molecular flexibility index (Phi) is 4.52. The maximum atomic E-state index is 12.9. The van der Waals surface area contributed by atoms with E-state index in [2.05, 4.69) is 35.7 Å². The van der Waals surface area contributed by atoms with Crippen LogP contribution < -0.4 is 10.5 Å². The minimum Gasteiger partial charge on any atom is -0.406 e. The number of oxazole rings is 1. The van der Waals surface area contributed by atoms with E-state index in [9.17, 15) is 13.2 Å². The van der Waals surface area contributed by atoms with Crippen molar-refractivity contribution in [1.82, 2.24) is 19.7 Å². The average molecular weight is 485 g/mol. The second-order valence-electron chi connectivity index (χ2n) is 5.76. The number of sulfonamides is 1. The van der Waals surface area contributed by atoms with Crippen LogP contribution in [0, 0.1) is 6.92 Å².